The molecule has 0 aliphatic heterocycles. The molecule has 0 saturated carbocycles. The molecule has 0 spiro atoms. The van der Waals surface area contributed by atoms with Crippen molar-refractivity contribution in [3.8, 4) is 61.7 Å². The lowest BCUT2D eigenvalue weighted by Crippen LogP contribution is -2.14. The highest BCUT2D eigenvalue weighted by Gasteiger charge is 2.35. The Morgan fingerprint density at radius 3 is 1.78 bits per heavy atom. The summed E-state index contributed by atoms with van der Waals surface area (Å²) in [6.45, 7) is 4.69. The zero-order valence-corrected chi connectivity index (χ0v) is 33.4. The van der Waals surface area contributed by atoms with Crippen LogP contribution in [0.2, 0.25) is 0 Å². The number of nitrogens with zero attached hydrogens (tertiary/aromatic N) is 3. The summed E-state index contributed by atoms with van der Waals surface area (Å²) in [5, 5.41) is 5.93. The Bertz CT molecular complexity index is 3510. The predicted molar refractivity (Wildman–Crippen MR) is 251 cm³/mol. The Labute approximate surface area is 348 Å². The summed E-state index contributed by atoms with van der Waals surface area (Å²) in [6, 6.07) is 72.6. The van der Waals surface area contributed by atoms with Gasteiger partial charge in [-0.3, -0.25) is 0 Å². The second-order valence-electron chi connectivity index (χ2n) is 16.6. The third-order valence-electron chi connectivity index (χ3n) is 12.8. The zero-order chi connectivity index (χ0) is 40.0. The van der Waals surface area contributed by atoms with Crippen LogP contribution in [0, 0.1) is 0 Å². The van der Waals surface area contributed by atoms with Crippen molar-refractivity contribution in [2.24, 2.45) is 0 Å². The fourth-order valence-electron chi connectivity index (χ4n) is 9.80. The molecule has 2 heterocycles. The normalized spacial score (nSPS) is 13.0. The first-order valence-corrected chi connectivity index (χ1v) is 20.7. The van der Waals surface area contributed by atoms with Crippen molar-refractivity contribution in [3.63, 3.8) is 0 Å². The fraction of sp³-hybridized carbons (Fsp3) is 0.0526. The molecule has 0 N–H and O–H groups in total. The minimum Gasteiger partial charge on any atom is -0.309 e. The van der Waals surface area contributed by atoms with E-state index in [4.69, 9.17) is 9.97 Å². The number of fused-ring (bicyclic) bond motifs is 8. The molecule has 0 saturated heterocycles. The van der Waals surface area contributed by atoms with E-state index < -0.39 is 0 Å². The van der Waals surface area contributed by atoms with Crippen LogP contribution in [0.1, 0.15) is 25.0 Å². The Balaban J connectivity index is 1.04. The van der Waals surface area contributed by atoms with Crippen molar-refractivity contribution in [2.45, 2.75) is 19.3 Å². The largest absolute Gasteiger partial charge is 0.309 e. The topological polar surface area (TPSA) is 30.7 Å². The van der Waals surface area contributed by atoms with Crippen molar-refractivity contribution >= 4 is 43.5 Å². The highest BCUT2D eigenvalue weighted by atomic mass is 15.0. The lowest BCUT2D eigenvalue weighted by atomic mass is 9.82. The molecule has 0 bridgehead atoms. The van der Waals surface area contributed by atoms with E-state index in [0.717, 1.165) is 38.9 Å². The third-order valence-corrected chi connectivity index (χ3v) is 12.8. The van der Waals surface area contributed by atoms with E-state index in [0.29, 0.717) is 5.82 Å². The van der Waals surface area contributed by atoms with Crippen molar-refractivity contribution in [1.29, 1.82) is 0 Å². The van der Waals surface area contributed by atoms with Crippen LogP contribution in [-0.2, 0) is 5.41 Å². The zero-order valence-electron chi connectivity index (χ0n) is 33.4. The van der Waals surface area contributed by atoms with Gasteiger partial charge in [0, 0.05) is 38.1 Å². The molecule has 282 valence electrons. The molecule has 11 aromatic rings. The number of para-hydroxylation sites is 1. The van der Waals surface area contributed by atoms with Gasteiger partial charge in [-0.25, -0.2) is 9.97 Å². The summed E-state index contributed by atoms with van der Waals surface area (Å²) in [5.74, 6) is 0.716. The molecule has 0 atom stereocenters. The molecule has 0 fully saturated rings. The van der Waals surface area contributed by atoms with Gasteiger partial charge in [0.2, 0.25) is 0 Å². The summed E-state index contributed by atoms with van der Waals surface area (Å²) in [5.41, 5.74) is 17.6. The molecule has 0 amide bonds. The first-order chi connectivity index (χ1) is 29.5. The molecule has 1 aliphatic rings. The highest BCUT2D eigenvalue weighted by molar-refractivity contribution is 6.13. The summed E-state index contributed by atoms with van der Waals surface area (Å²) in [6.07, 6.45) is 0. The first-order valence-electron chi connectivity index (χ1n) is 20.7. The average molecular weight is 766 g/mol. The predicted octanol–water partition coefficient (Wildman–Crippen LogP) is 14.9. The van der Waals surface area contributed by atoms with Crippen LogP contribution < -0.4 is 0 Å². The second kappa shape index (κ2) is 13.2. The molecule has 60 heavy (non-hydrogen) atoms. The Hall–Kier alpha value is -7.62. The molecule has 2 aromatic heterocycles. The quantitative estimate of drug-likeness (QED) is 0.175. The van der Waals surface area contributed by atoms with E-state index in [1.165, 1.54) is 71.6 Å². The van der Waals surface area contributed by atoms with Crippen molar-refractivity contribution in [2.75, 3.05) is 0 Å². The van der Waals surface area contributed by atoms with Crippen molar-refractivity contribution in [3.05, 3.63) is 211 Å². The van der Waals surface area contributed by atoms with Gasteiger partial charge in [0.15, 0.2) is 5.82 Å². The lowest BCUT2D eigenvalue weighted by molar-refractivity contribution is 0.660. The molecule has 0 unspecified atom stereocenters. The summed E-state index contributed by atoms with van der Waals surface area (Å²) < 4.78 is 2.45. The van der Waals surface area contributed by atoms with Crippen LogP contribution in [0.3, 0.4) is 0 Å². The van der Waals surface area contributed by atoms with Gasteiger partial charge < -0.3 is 4.57 Å². The number of hydrogen-bond acceptors (Lipinski definition) is 2. The lowest BCUT2D eigenvalue weighted by Gasteiger charge is -2.21. The molecule has 3 nitrogen and oxygen atoms in total. The number of hydrogen-bond donors (Lipinski definition) is 0. The van der Waals surface area contributed by atoms with Crippen LogP contribution in [0.25, 0.3) is 105 Å². The molecule has 9 aromatic carbocycles. The Kier molecular flexibility index (Phi) is 7.58. The van der Waals surface area contributed by atoms with Gasteiger partial charge >= 0.3 is 0 Å². The molecule has 1 aliphatic carbocycles. The average Bonchev–Trinajstić information content (AvgIpc) is 3.75. The molecule has 3 heteroatoms. The van der Waals surface area contributed by atoms with E-state index in [1.54, 1.807) is 0 Å². The third kappa shape index (κ3) is 5.29. The van der Waals surface area contributed by atoms with Crippen molar-refractivity contribution in [1.82, 2.24) is 14.5 Å². The maximum absolute atomic E-state index is 5.19. The minimum absolute atomic E-state index is 0.0292. The van der Waals surface area contributed by atoms with E-state index in [2.05, 4.69) is 206 Å². The monoisotopic (exact) mass is 765 g/mol. The Morgan fingerprint density at radius 2 is 0.967 bits per heavy atom. The first kappa shape index (κ1) is 34.4. The van der Waals surface area contributed by atoms with Gasteiger partial charge in [-0.05, 0) is 98.4 Å². The maximum atomic E-state index is 5.19. The summed E-state index contributed by atoms with van der Waals surface area (Å²) >= 11 is 0. The number of benzene rings is 9. The SMILES string of the molecule is CC1(C)c2ccccc2-c2cc(-c3ccc4c(c3)c3cc(-c5cccc(-c6nc(-c7ccccc7)c7ccccc7n6)c5)ccc3n4-c3cccc4ccccc34)ccc21. The molecular weight excluding hydrogens is 727 g/mol. The van der Waals surface area contributed by atoms with Gasteiger partial charge in [-0.15, -0.1) is 0 Å². The van der Waals surface area contributed by atoms with Crippen molar-refractivity contribution < 1.29 is 0 Å². The van der Waals surface area contributed by atoms with Gasteiger partial charge in [0.05, 0.1) is 27.9 Å². The van der Waals surface area contributed by atoms with E-state index >= 15 is 0 Å². The number of rotatable bonds is 5. The molecule has 12 rings (SSSR count). The van der Waals surface area contributed by atoms with Gasteiger partial charge in [0.1, 0.15) is 0 Å². The smallest absolute Gasteiger partial charge is 0.160 e. The van der Waals surface area contributed by atoms with Crippen LogP contribution in [-0.4, -0.2) is 14.5 Å². The van der Waals surface area contributed by atoms with Crippen LogP contribution in [0.15, 0.2) is 200 Å². The van der Waals surface area contributed by atoms with Crippen LogP contribution in [0.4, 0.5) is 0 Å². The fourth-order valence-corrected chi connectivity index (χ4v) is 9.80. The van der Waals surface area contributed by atoms with E-state index in [9.17, 15) is 0 Å². The highest BCUT2D eigenvalue weighted by Crippen LogP contribution is 2.50. The maximum Gasteiger partial charge on any atom is 0.160 e. The molecule has 0 radical (unpaired) electrons. The van der Waals surface area contributed by atoms with Gasteiger partial charge in [-0.2, -0.15) is 0 Å². The van der Waals surface area contributed by atoms with Crippen LogP contribution in [0.5, 0.6) is 0 Å². The molecular formula is C57H39N3. The van der Waals surface area contributed by atoms with Gasteiger partial charge in [0.25, 0.3) is 0 Å². The Morgan fingerprint density at radius 1 is 0.383 bits per heavy atom. The summed E-state index contributed by atoms with van der Waals surface area (Å²) in [7, 11) is 0. The van der Waals surface area contributed by atoms with E-state index in [1.807, 2.05) is 12.1 Å². The van der Waals surface area contributed by atoms with E-state index in [-0.39, 0.29) is 5.41 Å². The second-order valence-corrected chi connectivity index (χ2v) is 16.6. The standard InChI is InChI=1S/C57H39N3/c1-57(2)49-23-10-8-21-44(49)46-33-39(26-29-50(46)57)41-28-31-54-48(35-41)47-34-40(27-30-53(47)60(54)52-25-13-17-36-14-6-7-20-43(36)52)38-18-12-19-42(32-38)56-58-51-24-11-9-22-45(51)55(59-56)37-15-4-3-5-16-37/h3-35H,1-2H3. The minimum atomic E-state index is -0.0292. The number of aromatic nitrogens is 3. The summed E-state index contributed by atoms with van der Waals surface area (Å²) in [4.78, 5) is 10.3. The van der Waals surface area contributed by atoms with Crippen LogP contribution >= 0.6 is 0 Å². The van der Waals surface area contributed by atoms with Gasteiger partial charge in [-0.1, -0.05) is 166 Å².